The summed E-state index contributed by atoms with van der Waals surface area (Å²) in [5.74, 6) is -3.12. The molecule has 2 aromatic heterocycles. The van der Waals surface area contributed by atoms with E-state index in [0.717, 1.165) is 27.5 Å². The van der Waals surface area contributed by atoms with E-state index in [9.17, 15) is 13.6 Å². The van der Waals surface area contributed by atoms with Crippen molar-refractivity contribution in [3.8, 4) is 0 Å². The second-order valence-corrected chi connectivity index (χ2v) is 6.52. The highest BCUT2D eigenvalue weighted by atomic mass is 19.3. The fourth-order valence-corrected chi connectivity index (χ4v) is 3.29. The molecular weight excluding hydrogens is 324 g/mol. The number of hydrogen-bond acceptors (Lipinski definition) is 2. The first-order chi connectivity index (χ1) is 11.9. The second-order valence-electron chi connectivity index (χ2n) is 6.52. The predicted molar refractivity (Wildman–Crippen MR) is 90.9 cm³/mol. The third-order valence-corrected chi connectivity index (χ3v) is 4.75. The molecule has 4 nitrogen and oxygen atoms in total. The van der Waals surface area contributed by atoms with Crippen LogP contribution in [0.4, 0.5) is 8.78 Å². The fraction of sp³-hybridized carbons (Fsp3) is 0.263. The van der Waals surface area contributed by atoms with Crippen LogP contribution < -0.4 is 0 Å². The van der Waals surface area contributed by atoms with Gasteiger partial charge in [0.05, 0.1) is 13.1 Å². The first-order valence-corrected chi connectivity index (χ1v) is 8.10. The molecule has 0 radical (unpaired) electrons. The average Bonchev–Trinajstić information content (AvgIpc) is 2.93. The Hall–Kier alpha value is -2.76. The Morgan fingerprint density at radius 2 is 2.08 bits per heavy atom. The summed E-state index contributed by atoms with van der Waals surface area (Å²) in [6, 6.07) is 8.02. The lowest BCUT2D eigenvalue weighted by Crippen LogP contribution is -2.58. The molecule has 0 saturated carbocycles. The van der Waals surface area contributed by atoms with Gasteiger partial charge in [-0.05, 0) is 41.5 Å². The van der Waals surface area contributed by atoms with E-state index in [1.165, 1.54) is 4.90 Å². The largest absolute Gasteiger partial charge is 0.357 e. The van der Waals surface area contributed by atoms with Crippen LogP contribution in [0.15, 0.2) is 42.9 Å². The number of pyridine rings is 1. The van der Waals surface area contributed by atoms with Gasteiger partial charge in [-0.25, -0.2) is 8.78 Å². The number of nitrogens with zero attached hydrogens (tertiary/aromatic N) is 2. The topological polar surface area (TPSA) is 49.0 Å². The zero-order valence-electron chi connectivity index (χ0n) is 13.7. The standard InChI is InChI=1S/C19H17F2N3O/c1-12-15(7-14-4-2-3-13-5-6-22-9-16(13)14)8-23-17(12)18(25)24-10-19(20,21)11-24/h2-6,8-9,23H,7,10-11H2,1H3. The number of benzene rings is 1. The van der Waals surface area contributed by atoms with Crippen LogP contribution in [0, 0.1) is 6.92 Å². The molecule has 0 aliphatic carbocycles. The smallest absolute Gasteiger partial charge is 0.282 e. The van der Waals surface area contributed by atoms with E-state index in [2.05, 4.69) is 9.97 Å². The third-order valence-electron chi connectivity index (χ3n) is 4.75. The lowest BCUT2D eigenvalue weighted by molar-refractivity contribution is -0.113. The van der Waals surface area contributed by atoms with Crippen molar-refractivity contribution >= 4 is 16.7 Å². The summed E-state index contributed by atoms with van der Waals surface area (Å²) in [5, 5.41) is 2.18. The van der Waals surface area contributed by atoms with Gasteiger partial charge >= 0.3 is 0 Å². The van der Waals surface area contributed by atoms with E-state index in [4.69, 9.17) is 0 Å². The predicted octanol–water partition coefficient (Wildman–Crippen LogP) is 3.55. The quantitative estimate of drug-likeness (QED) is 0.792. The normalized spacial score (nSPS) is 16.0. The summed E-state index contributed by atoms with van der Waals surface area (Å²) in [4.78, 5) is 20.7. The molecule has 1 aliphatic rings. The average molecular weight is 341 g/mol. The third kappa shape index (κ3) is 2.77. The number of halogens is 2. The number of amides is 1. The van der Waals surface area contributed by atoms with Gasteiger partial charge in [0, 0.05) is 24.0 Å². The number of alkyl halides is 2. The van der Waals surface area contributed by atoms with Gasteiger partial charge in [-0.3, -0.25) is 9.78 Å². The number of fused-ring (bicyclic) bond motifs is 1. The molecule has 25 heavy (non-hydrogen) atoms. The number of likely N-dealkylation sites (tertiary alicyclic amines) is 1. The number of carbonyl (C=O) groups excluding carboxylic acids is 1. The lowest BCUT2D eigenvalue weighted by Gasteiger charge is -2.38. The molecule has 3 aromatic rings. The fourth-order valence-electron chi connectivity index (χ4n) is 3.29. The summed E-state index contributed by atoms with van der Waals surface area (Å²) >= 11 is 0. The van der Waals surface area contributed by atoms with Crippen molar-refractivity contribution in [1.29, 1.82) is 0 Å². The van der Waals surface area contributed by atoms with Gasteiger partial charge in [-0.1, -0.05) is 18.2 Å². The highest BCUT2D eigenvalue weighted by molar-refractivity contribution is 5.95. The molecule has 3 heterocycles. The maximum atomic E-state index is 13.0. The Labute approximate surface area is 143 Å². The zero-order valence-corrected chi connectivity index (χ0v) is 13.7. The number of hydrogen-bond donors (Lipinski definition) is 1. The molecule has 0 bridgehead atoms. The van der Waals surface area contributed by atoms with Crippen molar-refractivity contribution in [3.05, 3.63) is 65.2 Å². The molecule has 0 spiro atoms. The van der Waals surface area contributed by atoms with E-state index < -0.39 is 19.0 Å². The molecule has 6 heteroatoms. The Balaban J connectivity index is 1.60. The molecular formula is C19H17F2N3O. The first kappa shape index (κ1) is 15.7. The van der Waals surface area contributed by atoms with Gasteiger partial charge in [0.2, 0.25) is 0 Å². The van der Waals surface area contributed by atoms with E-state index in [1.54, 1.807) is 12.4 Å². The minimum atomic E-state index is -2.76. The Kier molecular flexibility index (Phi) is 3.56. The van der Waals surface area contributed by atoms with Gasteiger partial charge < -0.3 is 9.88 Å². The van der Waals surface area contributed by atoms with Gasteiger partial charge in [0.25, 0.3) is 11.8 Å². The summed E-state index contributed by atoms with van der Waals surface area (Å²) in [6.45, 7) is 0.837. The van der Waals surface area contributed by atoms with Gasteiger partial charge in [-0.2, -0.15) is 0 Å². The molecule has 4 rings (SSSR count). The zero-order chi connectivity index (χ0) is 17.6. The highest BCUT2D eigenvalue weighted by Gasteiger charge is 2.46. The molecule has 1 N–H and O–H groups in total. The number of aromatic amines is 1. The maximum Gasteiger partial charge on any atom is 0.282 e. The van der Waals surface area contributed by atoms with E-state index in [1.807, 2.05) is 37.4 Å². The molecule has 1 amide bonds. The second kappa shape index (κ2) is 5.65. The van der Waals surface area contributed by atoms with Crippen LogP contribution in [-0.4, -0.2) is 39.8 Å². The van der Waals surface area contributed by atoms with Crippen LogP contribution in [0.1, 0.15) is 27.2 Å². The van der Waals surface area contributed by atoms with E-state index in [0.29, 0.717) is 12.1 Å². The summed E-state index contributed by atoms with van der Waals surface area (Å²) in [6.07, 6.45) is 6.03. The number of H-pyrrole nitrogens is 1. The Morgan fingerprint density at radius 3 is 2.84 bits per heavy atom. The molecule has 1 aliphatic heterocycles. The molecule has 0 atom stereocenters. The van der Waals surface area contributed by atoms with Crippen molar-refractivity contribution in [2.75, 3.05) is 13.1 Å². The van der Waals surface area contributed by atoms with Crippen LogP contribution >= 0.6 is 0 Å². The molecule has 0 unspecified atom stereocenters. The first-order valence-electron chi connectivity index (χ1n) is 8.10. The highest BCUT2D eigenvalue weighted by Crippen LogP contribution is 2.29. The monoisotopic (exact) mass is 341 g/mol. The molecule has 1 saturated heterocycles. The molecule has 128 valence electrons. The molecule has 1 aromatic carbocycles. The SMILES string of the molecule is Cc1c(Cc2cccc3ccncc23)c[nH]c1C(=O)N1CC(F)(F)C1. The summed E-state index contributed by atoms with van der Waals surface area (Å²) in [5.41, 5.74) is 3.29. The number of carbonyl (C=O) groups is 1. The van der Waals surface area contributed by atoms with Crippen molar-refractivity contribution < 1.29 is 13.6 Å². The minimum Gasteiger partial charge on any atom is -0.357 e. The van der Waals surface area contributed by atoms with Gasteiger partial charge in [-0.15, -0.1) is 0 Å². The van der Waals surface area contributed by atoms with Crippen molar-refractivity contribution in [1.82, 2.24) is 14.9 Å². The van der Waals surface area contributed by atoms with Crippen LogP contribution in [0.2, 0.25) is 0 Å². The number of nitrogens with one attached hydrogen (secondary N) is 1. The Bertz CT molecular complexity index is 951. The Morgan fingerprint density at radius 1 is 1.28 bits per heavy atom. The summed E-state index contributed by atoms with van der Waals surface area (Å²) in [7, 11) is 0. The van der Waals surface area contributed by atoms with E-state index >= 15 is 0 Å². The van der Waals surface area contributed by atoms with E-state index in [-0.39, 0.29) is 5.91 Å². The van der Waals surface area contributed by atoms with Gasteiger partial charge in [0.1, 0.15) is 5.69 Å². The van der Waals surface area contributed by atoms with Crippen molar-refractivity contribution in [3.63, 3.8) is 0 Å². The van der Waals surface area contributed by atoms with Crippen molar-refractivity contribution in [2.24, 2.45) is 0 Å². The van der Waals surface area contributed by atoms with Crippen LogP contribution in [0.3, 0.4) is 0 Å². The van der Waals surface area contributed by atoms with Crippen LogP contribution in [-0.2, 0) is 6.42 Å². The van der Waals surface area contributed by atoms with Crippen molar-refractivity contribution in [2.45, 2.75) is 19.3 Å². The molecule has 1 fully saturated rings. The number of aromatic nitrogens is 2. The minimum absolute atomic E-state index is 0.366. The summed E-state index contributed by atoms with van der Waals surface area (Å²) < 4.78 is 26.0. The van der Waals surface area contributed by atoms with Crippen LogP contribution in [0.5, 0.6) is 0 Å². The van der Waals surface area contributed by atoms with Crippen LogP contribution in [0.25, 0.3) is 10.8 Å². The maximum absolute atomic E-state index is 13.0. The lowest BCUT2D eigenvalue weighted by atomic mass is 9.98. The number of rotatable bonds is 3. The van der Waals surface area contributed by atoms with Gasteiger partial charge in [0.15, 0.2) is 0 Å².